The summed E-state index contributed by atoms with van der Waals surface area (Å²) in [5.74, 6) is -0.299. The summed E-state index contributed by atoms with van der Waals surface area (Å²) in [6, 6.07) is 7.05. The van der Waals surface area contributed by atoms with Crippen molar-refractivity contribution in [3.05, 3.63) is 40.3 Å². The van der Waals surface area contributed by atoms with Crippen molar-refractivity contribution >= 4 is 22.7 Å². The molecule has 0 bridgehead atoms. The van der Waals surface area contributed by atoms with E-state index in [0.717, 1.165) is 25.9 Å². The van der Waals surface area contributed by atoms with Crippen LogP contribution in [0.1, 0.15) is 36.2 Å². The smallest absolute Gasteiger partial charge is 0.319 e. The number of carbonyl (C=O) groups excluding carboxylic acids is 2. The highest BCUT2D eigenvalue weighted by Gasteiger charge is 2.28. The quantitative estimate of drug-likeness (QED) is 0.834. The standard InChI is InChI=1S/C19H23N5O3/c25-17-15-6-2-1-5-14(15)16(21-22-17)18(26)20-13-7-11-24(12-8-13)19(27)23-9-3-4-10-23/h1-2,5-6,13H,3-4,7-12H2,(H,20,26)(H,22,25). The summed E-state index contributed by atoms with van der Waals surface area (Å²) in [5.41, 5.74) is -0.0864. The van der Waals surface area contributed by atoms with Crippen LogP contribution < -0.4 is 10.9 Å². The maximum atomic E-state index is 12.7. The van der Waals surface area contributed by atoms with Gasteiger partial charge >= 0.3 is 6.03 Å². The number of hydrogen-bond donors (Lipinski definition) is 2. The first-order valence-corrected chi connectivity index (χ1v) is 9.45. The number of fused-ring (bicyclic) bond motifs is 1. The Kier molecular flexibility index (Phi) is 4.79. The van der Waals surface area contributed by atoms with Gasteiger partial charge in [-0.05, 0) is 31.7 Å². The number of nitrogens with one attached hydrogen (secondary N) is 2. The molecule has 2 aliphatic rings. The third-order valence-electron chi connectivity index (χ3n) is 5.39. The lowest BCUT2D eigenvalue weighted by molar-refractivity contribution is 0.0908. The largest absolute Gasteiger partial charge is 0.348 e. The van der Waals surface area contributed by atoms with Gasteiger partial charge in [-0.1, -0.05) is 18.2 Å². The van der Waals surface area contributed by atoms with E-state index in [4.69, 9.17) is 0 Å². The van der Waals surface area contributed by atoms with Crippen LogP contribution in [0.25, 0.3) is 10.8 Å². The molecule has 0 radical (unpaired) electrons. The molecule has 8 heteroatoms. The zero-order chi connectivity index (χ0) is 18.8. The molecule has 1 aromatic heterocycles. The average molecular weight is 369 g/mol. The van der Waals surface area contributed by atoms with Crippen molar-refractivity contribution in [3.63, 3.8) is 0 Å². The van der Waals surface area contributed by atoms with Crippen molar-refractivity contribution in [3.8, 4) is 0 Å². The van der Waals surface area contributed by atoms with Crippen LogP contribution in [0.5, 0.6) is 0 Å². The molecular weight excluding hydrogens is 346 g/mol. The molecule has 0 spiro atoms. The minimum Gasteiger partial charge on any atom is -0.348 e. The lowest BCUT2D eigenvalue weighted by Crippen LogP contribution is -2.50. The minimum atomic E-state index is -0.309. The number of benzene rings is 1. The highest BCUT2D eigenvalue weighted by Crippen LogP contribution is 2.17. The molecule has 2 aromatic rings. The number of amides is 3. The minimum absolute atomic E-state index is 0.00683. The topological polar surface area (TPSA) is 98.4 Å². The van der Waals surface area contributed by atoms with Crippen LogP contribution in [-0.2, 0) is 0 Å². The molecule has 2 saturated heterocycles. The molecule has 0 unspecified atom stereocenters. The second-order valence-corrected chi connectivity index (χ2v) is 7.16. The normalized spacial score (nSPS) is 18.1. The van der Waals surface area contributed by atoms with Crippen LogP contribution in [0.4, 0.5) is 4.79 Å². The predicted octanol–water partition coefficient (Wildman–Crippen LogP) is 1.33. The second kappa shape index (κ2) is 7.38. The lowest BCUT2D eigenvalue weighted by atomic mass is 10.0. The maximum absolute atomic E-state index is 12.7. The van der Waals surface area contributed by atoms with E-state index in [0.29, 0.717) is 36.7 Å². The van der Waals surface area contributed by atoms with Crippen molar-refractivity contribution in [2.24, 2.45) is 0 Å². The number of aromatic nitrogens is 2. The van der Waals surface area contributed by atoms with Gasteiger partial charge in [-0.15, -0.1) is 0 Å². The molecular formula is C19H23N5O3. The Labute approximate surface area is 156 Å². The van der Waals surface area contributed by atoms with Gasteiger partial charge in [-0.25, -0.2) is 9.89 Å². The van der Waals surface area contributed by atoms with Gasteiger partial charge in [0, 0.05) is 37.6 Å². The van der Waals surface area contributed by atoms with Gasteiger partial charge in [0.2, 0.25) is 0 Å². The zero-order valence-corrected chi connectivity index (χ0v) is 15.1. The molecule has 1 aromatic carbocycles. The molecule has 0 atom stereocenters. The van der Waals surface area contributed by atoms with Crippen LogP contribution in [0.15, 0.2) is 29.1 Å². The Morgan fingerprint density at radius 1 is 1.00 bits per heavy atom. The average Bonchev–Trinajstić information content (AvgIpc) is 3.23. The lowest BCUT2D eigenvalue weighted by Gasteiger charge is -2.34. The van der Waals surface area contributed by atoms with Crippen molar-refractivity contribution in [2.45, 2.75) is 31.7 Å². The molecule has 3 amide bonds. The summed E-state index contributed by atoms with van der Waals surface area (Å²) in [7, 11) is 0. The van der Waals surface area contributed by atoms with Gasteiger partial charge in [0.05, 0.1) is 5.39 Å². The first kappa shape index (κ1) is 17.5. The molecule has 142 valence electrons. The highest BCUT2D eigenvalue weighted by atomic mass is 16.2. The van der Waals surface area contributed by atoms with Crippen LogP contribution >= 0.6 is 0 Å². The van der Waals surface area contributed by atoms with E-state index in [2.05, 4.69) is 15.5 Å². The summed E-state index contributed by atoms with van der Waals surface area (Å²) < 4.78 is 0. The van der Waals surface area contributed by atoms with E-state index in [9.17, 15) is 14.4 Å². The predicted molar refractivity (Wildman–Crippen MR) is 101 cm³/mol. The molecule has 27 heavy (non-hydrogen) atoms. The molecule has 2 fully saturated rings. The van der Waals surface area contributed by atoms with Gasteiger partial charge in [0.15, 0.2) is 5.69 Å². The molecule has 0 saturated carbocycles. The second-order valence-electron chi connectivity index (χ2n) is 7.16. The van der Waals surface area contributed by atoms with Crippen molar-refractivity contribution in [1.29, 1.82) is 0 Å². The Hall–Kier alpha value is -2.90. The molecule has 8 nitrogen and oxygen atoms in total. The number of nitrogens with zero attached hydrogens (tertiary/aromatic N) is 3. The number of hydrogen-bond acceptors (Lipinski definition) is 4. The van der Waals surface area contributed by atoms with Crippen LogP contribution in [0.2, 0.25) is 0 Å². The van der Waals surface area contributed by atoms with Gasteiger partial charge in [-0.2, -0.15) is 5.10 Å². The van der Waals surface area contributed by atoms with Gasteiger partial charge < -0.3 is 15.1 Å². The van der Waals surface area contributed by atoms with E-state index in [-0.39, 0.29) is 29.2 Å². The van der Waals surface area contributed by atoms with E-state index in [1.807, 2.05) is 9.80 Å². The number of rotatable bonds is 2. The van der Waals surface area contributed by atoms with E-state index in [1.54, 1.807) is 24.3 Å². The molecule has 4 rings (SSSR count). The monoisotopic (exact) mass is 369 g/mol. The van der Waals surface area contributed by atoms with Crippen LogP contribution in [0, 0.1) is 0 Å². The number of H-pyrrole nitrogens is 1. The Balaban J connectivity index is 1.39. The van der Waals surface area contributed by atoms with Crippen LogP contribution in [0.3, 0.4) is 0 Å². The molecule has 0 aliphatic carbocycles. The van der Waals surface area contributed by atoms with Gasteiger partial charge in [0.25, 0.3) is 11.5 Å². The summed E-state index contributed by atoms with van der Waals surface area (Å²) in [6.45, 7) is 2.97. The van der Waals surface area contributed by atoms with Gasteiger partial charge in [-0.3, -0.25) is 9.59 Å². The van der Waals surface area contributed by atoms with E-state index >= 15 is 0 Å². The SMILES string of the molecule is O=C(NC1CCN(C(=O)N2CCCC2)CC1)c1n[nH]c(=O)c2ccccc12. The Bertz CT molecular complexity index is 911. The van der Waals surface area contributed by atoms with Crippen LogP contribution in [-0.4, -0.2) is 64.2 Å². The number of aromatic amines is 1. The Morgan fingerprint density at radius 3 is 2.33 bits per heavy atom. The highest BCUT2D eigenvalue weighted by molar-refractivity contribution is 6.04. The summed E-state index contributed by atoms with van der Waals surface area (Å²) in [5, 5.41) is 10.3. The van der Waals surface area contributed by atoms with Crippen molar-refractivity contribution in [2.75, 3.05) is 26.2 Å². The number of carbonyl (C=O) groups is 2. The molecule has 3 heterocycles. The summed E-state index contributed by atoms with van der Waals surface area (Å²) in [4.78, 5) is 40.8. The third-order valence-corrected chi connectivity index (χ3v) is 5.39. The maximum Gasteiger partial charge on any atom is 0.319 e. The fourth-order valence-corrected chi connectivity index (χ4v) is 3.87. The van der Waals surface area contributed by atoms with Crippen molar-refractivity contribution in [1.82, 2.24) is 25.3 Å². The first-order valence-electron chi connectivity index (χ1n) is 9.45. The van der Waals surface area contributed by atoms with Crippen molar-refractivity contribution < 1.29 is 9.59 Å². The molecule has 2 N–H and O–H groups in total. The van der Waals surface area contributed by atoms with Gasteiger partial charge in [0.1, 0.15) is 0 Å². The number of piperidine rings is 1. The zero-order valence-electron chi connectivity index (χ0n) is 15.1. The summed E-state index contributed by atoms with van der Waals surface area (Å²) in [6.07, 6.45) is 3.59. The first-order chi connectivity index (χ1) is 13.1. The summed E-state index contributed by atoms with van der Waals surface area (Å²) >= 11 is 0. The number of urea groups is 1. The molecule has 2 aliphatic heterocycles. The Morgan fingerprint density at radius 2 is 1.63 bits per heavy atom. The third kappa shape index (κ3) is 3.51. The number of likely N-dealkylation sites (tertiary alicyclic amines) is 2. The fourth-order valence-electron chi connectivity index (χ4n) is 3.87. The van der Waals surface area contributed by atoms with E-state index < -0.39 is 0 Å². The fraction of sp³-hybridized carbons (Fsp3) is 0.474. The van der Waals surface area contributed by atoms with E-state index in [1.165, 1.54) is 0 Å².